The van der Waals surface area contributed by atoms with E-state index in [9.17, 15) is 4.79 Å². The van der Waals surface area contributed by atoms with Crippen molar-refractivity contribution in [2.24, 2.45) is 0 Å². The molecule has 0 aliphatic carbocycles. The zero-order chi connectivity index (χ0) is 30.0. The largest absolute Gasteiger partial charge is 0.383 e. The zero-order valence-corrected chi connectivity index (χ0v) is 23.6. The number of pyridine rings is 3. The SMILES string of the molecule is N#Cc1nccc(N2CCN(Cc3ccc(-n4c(-c5cccnc5N)nc5ccc(-c6ccc(=O)[nH]c6)nc54)cc3)CC2)n1. The zero-order valence-electron chi connectivity index (χ0n) is 23.6. The van der Waals surface area contributed by atoms with Crippen LogP contribution in [0.3, 0.4) is 0 Å². The first kappa shape index (κ1) is 26.9. The third-order valence-corrected chi connectivity index (χ3v) is 7.70. The summed E-state index contributed by atoms with van der Waals surface area (Å²) in [6, 6.07) is 23.0. The van der Waals surface area contributed by atoms with E-state index in [0.717, 1.165) is 49.8 Å². The number of fused-ring (bicyclic) bond motifs is 1. The van der Waals surface area contributed by atoms with Crippen molar-refractivity contribution in [3.63, 3.8) is 0 Å². The normalized spacial score (nSPS) is 13.7. The molecule has 1 aliphatic rings. The van der Waals surface area contributed by atoms with E-state index in [1.165, 1.54) is 11.6 Å². The molecule has 1 aromatic carbocycles. The van der Waals surface area contributed by atoms with Gasteiger partial charge in [0.25, 0.3) is 0 Å². The van der Waals surface area contributed by atoms with Crippen LogP contribution in [0, 0.1) is 11.3 Å². The Morgan fingerprint density at radius 1 is 0.886 bits per heavy atom. The second kappa shape index (κ2) is 11.4. The van der Waals surface area contributed by atoms with E-state index in [1.807, 2.05) is 41.0 Å². The molecule has 0 spiro atoms. The molecular formula is C32H27N11O. The summed E-state index contributed by atoms with van der Waals surface area (Å²) in [5, 5.41) is 9.12. The van der Waals surface area contributed by atoms with Crippen LogP contribution in [0.2, 0.25) is 0 Å². The molecule has 44 heavy (non-hydrogen) atoms. The summed E-state index contributed by atoms with van der Waals surface area (Å²) >= 11 is 0. The first-order valence-corrected chi connectivity index (χ1v) is 14.1. The summed E-state index contributed by atoms with van der Waals surface area (Å²) in [5.74, 6) is 2.00. The topological polar surface area (TPSA) is 159 Å². The monoisotopic (exact) mass is 581 g/mol. The van der Waals surface area contributed by atoms with Gasteiger partial charge in [0.2, 0.25) is 11.4 Å². The molecule has 1 aliphatic heterocycles. The number of benzene rings is 1. The van der Waals surface area contributed by atoms with Crippen molar-refractivity contribution in [2.75, 3.05) is 36.8 Å². The lowest BCUT2D eigenvalue weighted by molar-refractivity contribution is 0.249. The van der Waals surface area contributed by atoms with E-state index >= 15 is 0 Å². The van der Waals surface area contributed by atoms with E-state index in [2.05, 4.69) is 54.0 Å². The highest BCUT2D eigenvalue weighted by molar-refractivity contribution is 5.84. The summed E-state index contributed by atoms with van der Waals surface area (Å²) in [4.78, 5) is 41.4. The number of aromatic nitrogens is 7. The molecule has 1 saturated heterocycles. The Morgan fingerprint density at radius 2 is 1.73 bits per heavy atom. The lowest BCUT2D eigenvalue weighted by Crippen LogP contribution is -2.46. The third kappa shape index (κ3) is 5.23. The lowest BCUT2D eigenvalue weighted by Gasteiger charge is -2.35. The average molecular weight is 582 g/mol. The molecule has 0 bridgehead atoms. The van der Waals surface area contributed by atoms with Crippen LogP contribution in [0.4, 0.5) is 11.6 Å². The van der Waals surface area contributed by atoms with Crippen molar-refractivity contribution in [3.05, 3.63) is 107 Å². The summed E-state index contributed by atoms with van der Waals surface area (Å²) in [6.07, 6.45) is 4.94. The maximum atomic E-state index is 11.6. The number of nitrogen functional groups attached to an aromatic ring is 1. The molecule has 216 valence electrons. The first-order chi connectivity index (χ1) is 21.6. The van der Waals surface area contributed by atoms with Crippen LogP contribution in [0.25, 0.3) is 39.5 Å². The van der Waals surface area contributed by atoms with Gasteiger partial charge in [-0.3, -0.25) is 14.3 Å². The van der Waals surface area contributed by atoms with Gasteiger partial charge in [0, 0.05) is 68.6 Å². The maximum absolute atomic E-state index is 11.6. The van der Waals surface area contributed by atoms with Crippen molar-refractivity contribution in [1.82, 2.24) is 39.4 Å². The van der Waals surface area contributed by atoms with E-state index in [4.69, 9.17) is 21.0 Å². The Labute approximate surface area is 252 Å². The number of nitrogens with zero attached hydrogens (tertiary/aromatic N) is 9. The van der Waals surface area contributed by atoms with E-state index in [0.29, 0.717) is 34.1 Å². The first-order valence-electron chi connectivity index (χ1n) is 14.1. The number of nitrogens with one attached hydrogen (secondary N) is 1. The van der Waals surface area contributed by atoms with Gasteiger partial charge < -0.3 is 15.6 Å². The number of nitrogens with two attached hydrogens (primary N) is 1. The fourth-order valence-corrected chi connectivity index (χ4v) is 5.44. The van der Waals surface area contributed by atoms with Gasteiger partial charge in [-0.05, 0) is 54.1 Å². The molecule has 1 fully saturated rings. The Balaban J connectivity index is 1.17. The maximum Gasteiger partial charge on any atom is 0.247 e. The highest BCUT2D eigenvalue weighted by atomic mass is 16.1. The minimum Gasteiger partial charge on any atom is -0.383 e. The summed E-state index contributed by atoms with van der Waals surface area (Å²) in [5.41, 5.74) is 11.8. The van der Waals surface area contributed by atoms with Gasteiger partial charge in [0.05, 0.1) is 11.3 Å². The predicted molar refractivity (Wildman–Crippen MR) is 167 cm³/mol. The van der Waals surface area contributed by atoms with Crippen molar-refractivity contribution in [3.8, 4) is 34.4 Å². The summed E-state index contributed by atoms with van der Waals surface area (Å²) < 4.78 is 2.00. The predicted octanol–water partition coefficient (Wildman–Crippen LogP) is 3.40. The van der Waals surface area contributed by atoms with Crippen molar-refractivity contribution in [2.45, 2.75) is 6.54 Å². The molecule has 12 nitrogen and oxygen atoms in total. The number of piperazine rings is 1. The Kier molecular flexibility index (Phi) is 6.97. The summed E-state index contributed by atoms with van der Waals surface area (Å²) in [7, 11) is 0. The van der Waals surface area contributed by atoms with Crippen LogP contribution < -0.4 is 16.2 Å². The second-order valence-corrected chi connectivity index (χ2v) is 10.5. The number of H-pyrrole nitrogens is 1. The van der Waals surface area contributed by atoms with Crippen LogP contribution in [0.15, 0.2) is 90.1 Å². The molecule has 0 saturated carbocycles. The fraction of sp³-hybridized carbons (Fsp3) is 0.156. The van der Waals surface area contributed by atoms with Crippen LogP contribution in [-0.4, -0.2) is 65.5 Å². The minimum atomic E-state index is -0.170. The van der Waals surface area contributed by atoms with Crippen molar-refractivity contribution in [1.29, 1.82) is 5.26 Å². The highest BCUT2D eigenvalue weighted by Gasteiger charge is 2.21. The number of rotatable bonds is 6. The Hall–Kier alpha value is -5.93. The van der Waals surface area contributed by atoms with Gasteiger partial charge in [-0.15, -0.1) is 0 Å². The Morgan fingerprint density at radius 3 is 2.48 bits per heavy atom. The van der Waals surface area contributed by atoms with Crippen LogP contribution >= 0.6 is 0 Å². The van der Waals surface area contributed by atoms with Crippen molar-refractivity contribution < 1.29 is 0 Å². The molecule has 0 unspecified atom stereocenters. The number of imidazole rings is 1. The average Bonchev–Trinajstić information content (AvgIpc) is 3.44. The van der Waals surface area contributed by atoms with Gasteiger partial charge in [-0.1, -0.05) is 12.1 Å². The van der Waals surface area contributed by atoms with Crippen LogP contribution in [-0.2, 0) is 6.54 Å². The second-order valence-electron chi connectivity index (χ2n) is 10.5. The molecule has 0 radical (unpaired) electrons. The van der Waals surface area contributed by atoms with E-state index < -0.39 is 0 Å². The fourth-order valence-electron chi connectivity index (χ4n) is 5.44. The quantitative estimate of drug-likeness (QED) is 0.299. The van der Waals surface area contributed by atoms with E-state index in [1.54, 1.807) is 24.7 Å². The molecule has 6 aromatic rings. The molecule has 0 atom stereocenters. The van der Waals surface area contributed by atoms with Crippen LogP contribution in [0.1, 0.15) is 11.4 Å². The number of hydrogen-bond donors (Lipinski definition) is 2. The molecule has 5 aromatic heterocycles. The smallest absolute Gasteiger partial charge is 0.247 e. The van der Waals surface area contributed by atoms with E-state index in [-0.39, 0.29) is 11.4 Å². The lowest BCUT2D eigenvalue weighted by atomic mass is 10.1. The molecule has 7 rings (SSSR count). The standard InChI is InChI=1S/C32H27N11O/c33-18-27-35-13-11-28(40-27)42-16-14-41(15-17-42)20-21-3-6-23(7-4-21)43-31(24-2-1-12-36-30(24)34)39-26-9-8-25(38-32(26)43)22-5-10-29(44)37-19-22/h1-13,19H,14-17,20H2,(H2,34,36)(H,37,44). The van der Waals surface area contributed by atoms with Gasteiger partial charge in [0.15, 0.2) is 11.5 Å². The molecular weight excluding hydrogens is 554 g/mol. The van der Waals surface area contributed by atoms with Gasteiger partial charge in [-0.2, -0.15) is 5.26 Å². The molecule has 3 N–H and O–H groups in total. The molecule has 0 amide bonds. The van der Waals surface area contributed by atoms with Gasteiger partial charge in [-0.25, -0.2) is 24.9 Å². The summed E-state index contributed by atoms with van der Waals surface area (Å²) in [6.45, 7) is 4.20. The number of anilines is 2. The molecule has 6 heterocycles. The van der Waals surface area contributed by atoms with Crippen molar-refractivity contribution >= 4 is 22.8 Å². The highest BCUT2D eigenvalue weighted by Crippen LogP contribution is 2.31. The number of nitriles is 1. The third-order valence-electron chi connectivity index (χ3n) is 7.70. The van der Waals surface area contributed by atoms with Crippen LogP contribution in [0.5, 0.6) is 0 Å². The molecule has 12 heteroatoms. The minimum absolute atomic E-state index is 0.170. The van der Waals surface area contributed by atoms with Gasteiger partial charge in [0.1, 0.15) is 23.2 Å². The number of hydrogen-bond acceptors (Lipinski definition) is 10. The Bertz CT molecular complexity index is 2050. The number of aromatic amines is 1. The van der Waals surface area contributed by atoms with Gasteiger partial charge >= 0.3 is 0 Å².